The summed E-state index contributed by atoms with van der Waals surface area (Å²) in [6, 6.07) is 0. The number of hydrogen-bond donors (Lipinski definition) is 0. The summed E-state index contributed by atoms with van der Waals surface area (Å²) < 4.78 is 0. The Bertz CT molecular complexity index is 11.6. The second kappa shape index (κ2) is 30.1. The van der Waals surface area contributed by atoms with E-state index in [1.807, 2.05) is 0 Å². The predicted octanol–water partition coefficient (Wildman–Crippen LogP) is -1.84. The molecule has 0 N–H and O–H groups in total. The van der Waals surface area contributed by atoms with Crippen LogP contribution in [0.25, 0.3) is 0 Å². The van der Waals surface area contributed by atoms with E-state index in [0.717, 1.165) is 0 Å². The van der Waals surface area contributed by atoms with Crippen molar-refractivity contribution < 1.29 is 50.6 Å². The molecule has 0 fully saturated rings. The topological polar surface area (TPSA) is 0 Å². The van der Waals surface area contributed by atoms with Crippen LogP contribution in [0.5, 0.6) is 0 Å². The van der Waals surface area contributed by atoms with Gasteiger partial charge >= 0.3 is 18.9 Å². The van der Waals surface area contributed by atoms with Gasteiger partial charge in [0.1, 0.15) is 0 Å². The summed E-state index contributed by atoms with van der Waals surface area (Å²) in [7, 11) is 0. The Morgan fingerprint density at radius 3 is 1.00 bits per heavy atom. The van der Waals surface area contributed by atoms with Crippen LogP contribution in [0.3, 0.4) is 0 Å². The third-order valence-corrected chi connectivity index (χ3v) is 0. The van der Waals surface area contributed by atoms with E-state index in [1.54, 1.807) is 0 Å². The summed E-state index contributed by atoms with van der Waals surface area (Å²) in [5, 5.41) is 0. The first kappa shape index (κ1) is 48.0. The molecule has 5 heteroatoms. The Morgan fingerprint density at radius 2 is 1.00 bits per heavy atom. The Kier molecular flexibility index (Phi) is 289. The van der Waals surface area contributed by atoms with Crippen LogP contribution in [0.15, 0.2) is 0 Å². The van der Waals surface area contributed by atoms with Crippen LogP contribution in [0.4, 0.5) is 0 Å². The summed E-state index contributed by atoms with van der Waals surface area (Å²) in [5.74, 6) is 0. The van der Waals surface area contributed by atoms with Crippen molar-refractivity contribution in [2.45, 2.75) is 0 Å². The van der Waals surface area contributed by atoms with Gasteiger partial charge in [-0.3, -0.25) is 0 Å². The first-order valence-corrected chi connectivity index (χ1v) is 0. The van der Waals surface area contributed by atoms with Gasteiger partial charge < -0.3 is 0 Å². The van der Waals surface area contributed by atoms with Crippen LogP contribution < -0.4 is 0 Å². The second-order valence-electron chi connectivity index (χ2n) is 0. The first-order valence-electron chi connectivity index (χ1n) is 0. The average Bonchev–Trinajstić information content (AvgIpc) is 0. The third-order valence-electron chi connectivity index (χ3n) is 0. The smallest absolute Gasteiger partial charge is 0 e. The fourth-order valence-corrected chi connectivity index (χ4v) is 0. The monoisotopic (exact) mass is 207 g/mol. The molecular formula is H4AlFeLiMnNi. The van der Waals surface area contributed by atoms with Gasteiger partial charge in [0.25, 0.3) is 0 Å². The van der Waals surface area contributed by atoms with Crippen LogP contribution >= 0.6 is 0 Å². The summed E-state index contributed by atoms with van der Waals surface area (Å²) >= 11 is 0. The van der Waals surface area contributed by atoms with Gasteiger partial charge in [-0.2, -0.15) is 0 Å². The quantitative estimate of drug-likeness (QED) is 0.410. The summed E-state index contributed by atoms with van der Waals surface area (Å²) in [6.45, 7) is 0. The van der Waals surface area contributed by atoms with Gasteiger partial charge in [0.2, 0.25) is 0 Å². The van der Waals surface area contributed by atoms with E-state index < -0.39 is 0 Å². The summed E-state index contributed by atoms with van der Waals surface area (Å²) in [6.07, 6.45) is 0. The van der Waals surface area contributed by atoms with Crippen LogP contribution in [0.2, 0.25) is 0 Å². The maximum absolute atomic E-state index is 0. The van der Waals surface area contributed by atoms with Crippen molar-refractivity contribution in [1.29, 1.82) is 0 Å². The molecule has 0 heterocycles. The molecule has 0 amide bonds. The van der Waals surface area contributed by atoms with Crippen molar-refractivity contribution in [2.24, 2.45) is 0 Å². The Balaban J connectivity index is 0. The maximum Gasteiger partial charge on any atom is 0 e. The molecule has 0 unspecified atom stereocenters. The molecule has 1 radical (unpaired) electrons. The van der Waals surface area contributed by atoms with Crippen molar-refractivity contribution in [3.05, 3.63) is 0 Å². The third kappa shape index (κ3) is 20.4. The van der Waals surface area contributed by atoms with Crippen molar-refractivity contribution in [2.75, 3.05) is 0 Å². The zero-order chi connectivity index (χ0) is 0. The van der Waals surface area contributed by atoms with E-state index in [0.29, 0.717) is 0 Å². The van der Waals surface area contributed by atoms with Gasteiger partial charge in [-0.15, -0.1) is 0 Å². The standard InChI is InChI=1S/Al.Fe.Li.Mn.Ni.4H. The van der Waals surface area contributed by atoms with Crippen LogP contribution in [-0.4, -0.2) is 36.2 Å². The normalized spacial score (nSPS) is 0. The largest absolute Gasteiger partial charge is 0 e. The predicted molar refractivity (Wildman–Crippen MR) is 17.1 cm³/mol. The van der Waals surface area contributed by atoms with Crippen LogP contribution in [0, 0.1) is 0 Å². The van der Waals surface area contributed by atoms with Crippen molar-refractivity contribution in [1.82, 2.24) is 0 Å². The van der Waals surface area contributed by atoms with Crippen molar-refractivity contribution in [3.63, 3.8) is 0 Å². The van der Waals surface area contributed by atoms with Crippen LogP contribution in [0.1, 0.15) is 0 Å². The van der Waals surface area contributed by atoms with E-state index >= 15 is 0 Å². The van der Waals surface area contributed by atoms with Crippen LogP contribution in [-0.2, 0) is 50.6 Å². The molecule has 5 heavy (non-hydrogen) atoms. The Morgan fingerprint density at radius 1 is 1.00 bits per heavy atom. The molecule has 33 valence electrons. The molecule has 0 aromatic rings. The molecule has 0 aliphatic heterocycles. The van der Waals surface area contributed by atoms with Gasteiger partial charge in [0, 0.05) is 50.6 Å². The molecule has 0 atom stereocenters. The summed E-state index contributed by atoms with van der Waals surface area (Å²) in [4.78, 5) is 0. The van der Waals surface area contributed by atoms with E-state index in [1.165, 1.54) is 0 Å². The fourth-order valence-electron chi connectivity index (χ4n) is 0. The Labute approximate surface area is 85.8 Å². The van der Waals surface area contributed by atoms with E-state index in [9.17, 15) is 0 Å². The Hall–Kier alpha value is 2.66. The van der Waals surface area contributed by atoms with E-state index in [-0.39, 0.29) is 86.9 Å². The number of rotatable bonds is 0. The van der Waals surface area contributed by atoms with Crippen molar-refractivity contribution >= 4 is 36.2 Å². The maximum atomic E-state index is 0. The zero-order valence-corrected chi connectivity index (χ0v) is 4.32. The average molecular weight is 207 g/mol. The van der Waals surface area contributed by atoms with Gasteiger partial charge in [-0.05, 0) is 0 Å². The molecule has 0 saturated carbocycles. The minimum atomic E-state index is 0. The van der Waals surface area contributed by atoms with Crippen molar-refractivity contribution in [3.8, 4) is 0 Å². The zero-order valence-electron chi connectivity index (χ0n) is 1.05. The molecule has 0 aliphatic rings. The second-order valence-corrected chi connectivity index (χ2v) is 0. The molecule has 0 spiro atoms. The first-order chi connectivity index (χ1) is 0. The SMILES string of the molecule is [AlH3].[Fe].[LiH].[Mn].[Ni]. The molecular weight excluding hydrogens is 203 g/mol. The molecule has 0 saturated heterocycles. The number of hydrogen-bond acceptors (Lipinski definition) is 0. The van der Waals surface area contributed by atoms with Gasteiger partial charge in [-0.25, -0.2) is 0 Å². The minimum Gasteiger partial charge on any atom is 0 e. The molecule has 0 aromatic carbocycles. The molecule has 0 aromatic heterocycles. The molecule has 0 rings (SSSR count). The fraction of sp³-hybridized carbons (Fsp3) is 0. The molecule has 0 nitrogen and oxygen atoms in total. The summed E-state index contributed by atoms with van der Waals surface area (Å²) in [5.41, 5.74) is 0. The van der Waals surface area contributed by atoms with Gasteiger partial charge in [0.15, 0.2) is 17.4 Å². The minimum absolute atomic E-state index is 0. The molecule has 0 bridgehead atoms. The van der Waals surface area contributed by atoms with E-state index in [4.69, 9.17) is 0 Å². The van der Waals surface area contributed by atoms with E-state index in [2.05, 4.69) is 0 Å². The van der Waals surface area contributed by atoms with Gasteiger partial charge in [0.05, 0.1) is 0 Å². The molecule has 0 aliphatic carbocycles. The van der Waals surface area contributed by atoms with Gasteiger partial charge in [-0.1, -0.05) is 0 Å².